The van der Waals surface area contributed by atoms with Crippen LogP contribution in [-0.4, -0.2) is 0 Å². The van der Waals surface area contributed by atoms with Gasteiger partial charge in [0.1, 0.15) is 0 Å². The van der Waals surface area contributed by atoms with Crippen LogP contribution < -0.4 is 24.8 Å². The van der Waals surface area contributed by atoms with Gasteiger partial charge in [0.05, 0.1) is 0 Å². The number of aryl methyl sites for hydroxylation is 1. The van der Waals surface area contributed by atoms with Crippen LogP contribution in [0.5, 0.6) is 0 Å². The number of unbranched alkanes of at least 4 members (excludes halogenated alkanes) is 1. The average Bonchev–Trinajstić information content (AvgIpc) is 3.21. The molecule has 0 bridgehead atoms. The van der Waals surface area contributed by atoms with Crippen LogP contribution in [0.1, 0.15) is 36.5 Å². The molecular weight excluding hydrogens is 383 g/mol. The van der Waals surface area contributed by atoms with Gasteiger partial charge in [-0.3, -0.25) is 0 Å². The van der Waals surface area contributed by atoms with Crippen molar-refractivity contribution in [2.75, 3.05) is 0 Å². The van der Waals surface area contributed by atoms with E-state index in [9.17, 15) is 0 Å². The van der Waals surface area contributed by atoms with Crippen molar-refractivity contribution in [3.8, 4) is 11.1 Å². The summed E-state index contributed by atoms with van der Waals surface area (Å²) < 4.78 is 0. The molecule has 0 aromatic heterocycles. The van der Waals surface area contributed by atoms with Crippen molar-refractivity contribution in [3.63, 3.8) is 0 Å². The topological polar surface area (TPSA) is 0 Å². The summed E-state index contributed by atoms with van der Waals surface area (Å²) in [5.74, 6) is 0. The summed E-state index contributed by atoms with van der Waals surface area (Å²) in [7, 11) is 0. The molecule has 128 valence electrons. The Kier molecular flexibility index (Phi) is 12.0. The zero-order valence-electron chi connectivity index (χ0n) is 14.4. The summed E-state index contributed by atoms with van der Waals surface area (Å²) >= 11 is 0. The van der Waals surface area contributed by atoms with Gasteiger partial charge in [0, 0.05) is 0 Å². The number of rotatable bonds is 3. The molecule has 0 atom stereocenters. The minimum absolute atomic E-state index is 0. The maximum Gasteiger partial charge on any atom is 4.00 e. The molecular formula is C22H22Cl2Ti. The van der Waals surface area contributed by atoms with Crippen LogP contribution in [-0.2, 0) is 34.6 Å². The SMILES string of the molecule is CCCC[c-]1cccc1.[Cl-].[Cl-].[Ti+4].[c-]1cccc2c1Cc1ccccc1-2. The van der Waals surface area contributed by atoms with Crippen LogP contribution >= 0.6 is 0 Å². The molecule has 0 amide bonds. The molecule has 3 aromatic carbocycles. The van der Waals surface area contributed by atoms with Gasteiger partial charge in [0.15, 0.2) is 0 Å². The standard InChI is InChI=1S/C13H9.C9H13.2ClH.Ti/c1-3-7-12-10(5-1)9-11-6-2-4-8-13(11)12;1-2-3-6-9-7-4-5-8-9;;;/h1-5,7-8H,9H2;4-5,7-8H,2-3,6H2,1H3;2*1H;/q2*-1;;;+4/p-2. The zero-order chi connectivity index (χ0) is 15.2. The Balaban J connectivity index is 0.000000435. The van der Waals surface area contributed by atoms with Gasteiger partial charge >= 0.3 is 21.7 Å². The summed E-state index contributed by atoms with van der Waals surface area (Å²) in [6.07, 6.45) is 4.92. The van der Waals surface area contributed by atoms with E-state index in [0.29, 0.717) is 0 Å². The fourth-order valence-electron chi connectivity index (χ4n) is 2.96. The monoisotopic (exact) mass is 404 g/mol. The minimum Gasteiger partial charge on any atom is -1.00 e. The van der Waals surface area contributed by atoms with Gasteiger partial charge in [-0.2, -0.15) is 47.5 Å². The molecule has 0 nitrogen and oxygen atoms in total. The molecule has 0 saturated heterocycles. The van der Waals surface area contributed by atoms with Crippen LogP contribution in [0.25, 0.3) is 11.1 Å². The van der Waals surface area contributed by atoms with E-state index >= 15 is 0 Å². The fourth-order valence-corrected chi connectivity index (χ4v) is 2.96. The number of hydrogen-bond acceptors (Lipinski definition) is 0. The minimum atomic E-state index is 0. The second-order valence-corrected chi connectivity index (χ2v) is 5.79. The Labute approximate surface area is 179 Å². The van der Waals surface area contributed by atoms with E-state index in [2.05, 4.69) is 73.7 Å². The van der Waals surface area contributed by atoms with Crippen molar-refractivity contribution in [1.29, 1.82) is 0 Å². The Morgan fingerprint density at radius 2 is 1.60 bits per heavy atom. The third-order valence-electron chi connectivity index (χ3n) is 4.17. The van der Waals surface area contributed by atoms with Crippen LogP contribution in [0.2, 0.25) is 0 Å². The molecule has 1 aliphatic carbocycles. The number of benzene rings is 2. The van der Waals surface area contributed by atoms with Gasteiger partial charge in [-0.05, 0) is 6.42 Å². The van der Waals surface area contributed by atoms with Crippen LogP contribution in [0, 0.1) is 6.07 Å². The van der Waals surface area contributed by atoms with Crippen LogP contribution in [0.3, 0.4) is 0 Å². The number of hydrogen-bond donors (Lipinski definition) is 0. The maximum absolute atomic E-state index is 3.30. The summed E-state index contributed by atoms with van der Waals surface area (Å²) in [6.45, 7) is 2.23. The van der Waals surface area contributed by atoms with Crippen LogP contribution in [0.4, 0.5) is 0 Å². The first kappa shape index (κ1) is 24.1. The molecule has 0 saturated carbocycles. The van der Waals surface area contributed by atoms with Gasteiger partial charge < -0.3 is 24.8 Å². The largest absolute Gasteiger partial charge is 4.00 e. The Morgan fingerprint density at radius 3 is 2.32 bits per heavy atom. The Hall–Kier alpha value is -0.916. The maximum atomic E-state index is 3.30. The molecule has 0 unspecified atom stereocenters. The molecule has 0 aliphatic heterocycles. The van der Waals surface area contributed by atoms with Crippen LogP contribution in [0.15, 0.2) is 66.7 Å². The molecule has 3 heteroatoms. The molecule has 0 spiro atoms. The molecule has 0 fully saturated rings. The van der Waals surface area contributed by atoms with Crippen molar-refractivity contribution in [2.45, 2.75) is 32.6 Å². The molecule has 3 aromatic rings. The summed E-state index contributed by atoms with van der Waals surface area (Å²) in [5, 5.41) is 0. The number of halogens is 2. The zero-order valence-corrected chi connectivity index (χ0v) is 17.5. The van der Waals surface area contributed by atoms with Crippen molar-refractivity contribution < 1.29 is 46.5 Å². The first-order valence-electron chi connectivity index (χ1n) is 8.17. The van der Waals surface area contributed by atoms with E-state index < -0.39 is 0 Å². The van der Waals surface area contributed by atoms with E-state index in [-0.39, 0.29) is 46.5 Å². The first-order chi connectivity index (χ1) is 10.9. The molecule has 4 rings (SSSR count). The van der Waals surface area contributed by atoms with Crippen molar-refractivity contribution >= 4 is 0 Å². The van der Waals surface area contributed by atoms with Crippen molar-refractivity contribution in [2.24, 2.45) is 0 Å². The molecule has 0 N–H and O–H groups in total. The normalized spacial score (nSPS) is 9.96. The Bertz CT molecular complexity index is 677. The third-order valence-corrected chi connectivity index (χ3v) is 4.17. The van der Waals surface area contributed by atoms with Gasteiger partial charge in [0.25, 0.3) is 0 Å². The third kappa shape index (κ3) is 6.39. The average molecular weight is 405 g/mol. The van der Waals surface area contributed by atoms with E-state index in [1.165, 1.54) is 47.1 Å². The van der Waals surface area contributed by atoms with E-state index in [1.807, 2.05) is 6.07 Å². The van der Waals surface area contributed by atoms with Crippen molar-refractivity contribution in [3.05, 3.63) is 89.5 Å². The summed E-state index contributed by atoms with van der Waals surface area (Å²) in [4.78, 5) is 0. The summed E-state index contributed by atoms with van der Waals surface area (Å²) in [6, 6.07) is 26.7. The molecule has 25 heavy (non-hydrogen) atoms. The second-order valence-electron chi connectivity index (χ2n) is 5.79. The van der Waals surface area contributed by atoms with E-state index in [1.54, 1.807) is 0 Å². The number of fused-ring (bicyclic) bond motifs is 3. The van der Waals surface area contributed by atoms with Gasteiger partial charge in [0.2, 0.25) is 0 Å². The van der Waals surface area contributed by atoms with Gasteiger partial charge in [-0.15, -0.1) is 5.56 Å². The van der Waals surface area contributed by atoms with Gasteiger partial charge in [-0.25, -0.2) is 12.1 Å². The van der Waals surface area contributed by atoms with E-state index in [4.69, 9.17) is 0 Å². The fraction of sp³-hybridized carbons (Fsp3) is 0.227. The first-order valence-corrected chi connectivity index (χ1v) is 8.17. The summed E-state index contributed by atoms with van der Waals surface area (Å²) in [5.41, 5.74) is 6.99. The van der Waals surface area contributed by atoms with E-state index in [0.717, 1.165) is 6.42 Å². The quantitative estimate of drug-likeness (QED) is 0.328. The second kappa shape index (κ2) is 12.4. The smallest absolute Gasteiger partial charge is 1.00 e. The Morgan fingerprint density at radius 1 is 0.920 bits per heavy atom. The molecule has 0 radical (unpaired) electrons. The molecule has 1 aliphatic rings. The predicted molar refractivity (Wildman–Crippen MR) is 94.2 cm³/mol. The predicted octanol–water partition coefficient (Wildman–Crippen LogP) is -0.188. The molecule has 0 heterocycles. The van der Waals surface area contributed by atoms with Gasteiger partial charge in [-0.1, -0.05) is 61.6 Å². The van der Waals surface area contributed by atoms with Crippen molar-refractivity contribution in [1.82, 2.24) is 0 Å².